The summed E-state index contributed by atoms with van der Waals surface area (Å²) in [5.74, 6) is -0.136. The van der Waals surface area contributed by atoms with Crippen molar-refractivity contribution in [1.29, 1.82) is 0 Å². The van der Waals surface area contributed by atoms with E-state index in [0.29, 0.717) is 39.9 Å². The maximum atomic E-state index is 13.3. The van der Waals surface area contributed by atoms with Crippen LogP contribution in [0.3, 0.4) is 0 Å². The highest BCUT2D eigenvalue weighted by Crippen LogP contribution is 2.31. The van der Waals surface area contributed by atoms with Crippen molar-refractivity contribution in [2.75, 3.05) is 13.1 Å². The summed E-state index contributed by atoms with van der Waals surface area (Å²) in [7, 11) is -3.89. The van der Waals surface area contributed by atoms with Gasteiger partial charge in [0.2, 0.25) is 9.84 Å². The minimum Gasteiger partial charge on any atom is -0.389 e. The molecule has 1 aliphatic heterocycles. The summed E-state index contributed by atoms with van der Waals surface area (Å²) < 4.78 is 27.0. The average Bonchev–Trinajstić information content (AvgIpc) is 3.21. The number of likely N-dealkylation sites (tertiary alicyclic amines) is 1. The molecule has 0 unspecified atom stereocenters. The molecule has 0 bridgehead atoms. The predicted molar refractivity (Wildman–Crippen MR) is 126 cm³/mol. The van der Waals surface area contributed by atoms with Crippen molar-refractivity contribution in [3.63, 3.8) is 0 Å². The number of aryl methyl sites for hydroxylation is 1. The number of carbonyl (C=O) groups is 1. The van der Waals surface area contributed by atoms with Crippen LogP contribution >= 0.6 is 15.9 Å². The second-order valence-electron chi connectivity index (χ2n) is 7.99. The highest BCUT2D eigenvalue weighted by atomic mass is 79.9. The quantitative estimate of drug-likeness (QED) is 0.421. The second kappa shape index (κ2) is 8.05. The number of hydrogen-bond acceptors (Lipinski definition) is 6. The Morgan fingerprint density at radius 2 is 1.91 bits per heavy atom. The van der Waals surface area contributed by atoms with E-state index in [1.807, 2.05) is 13.0 Å². The third kappa shape index (κ3) is 3.84. The van der Waals surface area contributed by atoms with Crippen molar-refractivity contribution >= 4 is 42.8 Å². The highest BCUT2D eigenvalue weighted by molar-refractivity contribution is 9.10. The maximum absolute atomic E-state index is 13.3. The molecule has 0 aliphatic carbocycles. The molecule has 3 heterocycles. The first-order valence-electron chi connectivity index (χ1n) is 10.2. The third-order valence-electron chi connectivity index (χ3n) is 5.60. The number of aromatic nitrogens is 3. The van der Waals surface area contributed by atoms with E-state index in [9.17, 15) is 18.3 Å². The van der Waals surface area contributed by atoms with Crippen LogP contribution in [0.5, 0.6) is 0 Å². The molecule has 10 heteroatoms. The van der Waals surface area contributed by atoms with E-state index in [2.05, 4.69) is 30.9 Å². The molecule has 5 rings (SSSR count). The van der Waals surface area contributed by atoms with Crippen molar-refractivity contribution in [3.8, 4) is 11.1 Å². The number of rotatable bonds is 4. The van der Waals surface area contributed by atoms with Gasteiger partial charge in [-0.3, -0.25) is 4.79 Å². The largest absolute Gasteiger partial charge is 0.389 e. The number of amides is 1. The number of fused-ring (bicyclic) bond motifs is 1. The Balaban J connectivity index is 1.51. The zero-order valence-electron chi connectivity index (χ0n) is 17.5. The van der Waals surface area contributed by atoms with Gasteiger partial charge in [-0.05, 0) is 58.2 Å². The summed E-state index contributed by atoms with van der Waals surface area (Å²) in [4.78, 5) is 25.9. The topological polar surface area (TPSA) is 116 Å². The van der Waals surface area contributed by atoms with Gasteiger partial charge in [-0.15, -0.1) is 0 Å². The summed E-state index contributed by atoms with van der Waals surface area (Å²) >= 11 is 3.32. The summed E-state index contributed by atoms with van der Waals surface area (Å²) in [5, 5.41) is 9.26. The molecule has 0 atom stereocenters. The van der Waals surface area contributed by atoms with E-state index in [1.54, 1.807) is 47.5 Å². The van der Waals surface area contributed by atoms with Gasteiger partial charge in [-0.2, -0.15) is 0 Å². The molecule has 33 heavy (non-hydrogen) atoms. The normalized spacial score (nSPS) is 14.5. The van der Waals surface area contributed by atoms with E-state index < -0.39 is 15.9 Å². The summed E-state index contributed by atoms with van der Waals surface area (Å²) in [5.41, 5.74) is 3.66. The Morgan fingerprint density at radius 3 is 2.61 bits per heavy atom. The number of nitrogens with zero attached hydrogens (tertiary/aromatic N) is 3. The summed E-state index contributed by atoms with van der Waals surface area (Å²) in [6.07, 6.45) is 2.51. The molecule has 2 N–H and O–H groups in total. The molecule has 2 aromatic carbocycles. The molecule has 168 valence electrons. The van der Waals surface area contributed by atoms with Crippen molar-refractivity contribution < 1.29 is 18.3 Å². The van der Waals surface area contributed by atoms with E-state index >= 15 is 0 Å². The summed E-state index contributed by atoms with van der Waals surface area (Å²) in [6.45, 7) is 2.50. The number of hydrogen-bond donors (Lipinski definition) is 2. The van der Waals surface area contributed by atoms with Gasteiger partial charge in [0.25, 0.3) is 5.91 Å². The van der Waals surface area contributed by atoms with Crippen LogP contribution in [0.25, 0.3) is 22.3 Å². The van der Waals surface area contributed by atoms with Crippen LogP contribution in [-0.2, 0) is 9.84 Å². The number of aliphatic hydroxyl groups is 1. The fourth-order valence-electron chi connectivity index (χ4n) is 3.75. The van der Waals surface area contributed by atoms with Gasteiger partial charge < -0.3 is 15.0 Å². The Labute approximate surface area is 198 Å². The molecule has 8 nitrogen and oxygen atoms in total. The van der Waals surface area contributed by atoms with Crippen molar-refractivity contribution in [2.45, 2.75) is 22.9 Å². The van der Waals surface area contributed by atoms with Gasteiger partial charge in [0.1, 0.15) is 5.52 Å². The average molecular weight is 527 g/mol. The molecule has 2 aromatic heterocycles. The number of benzene rings is 2. The standard InChI is InChI=1S/C23H19BrN4O4S/c1-13-2-7-18(24)19(8-13)33(31,32)20-10-26-22-21(27-20)17(9-25-22)14-3-5-15(6-4-14)23(30)28-11-16(29)12-28/h2-10,16,29H,11-12H2,1H3,(H,25,26). The summed E-state index contributed by atoms with van der Waals surface area (Å²) in [6, 6.07) is 12.1. The first kappa shape index (κ1) is 21.7. The molecular weight excluding hydrogens is 508 g/mol. The lowest BCUT2D eigenvalue weighted by Gasteiger charge is -2.35. The van der Waals surface area contributed by atoms with Gasteiger partial charge in [0, 0.05) is 34.9 Å². The maximum Gasteiger partial charge on any atom is 0.254 e. The first-order chi connectivity index (χ1) is 15.7. The number of β-amino-alcohol motifs (C(OH)–C–C–N with tert-alkyl or cyclic N) is 1. The SMILES string of the molecule is Cc1ccc(Br)c(S(=O)(=O)c2cnc3[nH]cc(-c4ccc(C(=O)N5CC(O)C5)cc4)c3n2)c1. The molecule has 1 amide bonds. The van der Waals surface area contributed by atoms with Gasteiger partial charge in [-0.1, -0.05) is 18.2 Å². The Morgan fingerprint density at radius 1 is 1.18 bits per heavy atom. The molecule has 0 saturated carbocycles. The Bertz CT molecular complexity index is 1490. The minimum atomic E-state index is -3.89. The predicted octanol–water partition coefficient (Wildman–Crippen LogP) is 3.35. The van der Waals surface area contributed by atoms with Gasteiger partial charge in [-0.25, -0.2) is 18.4 Å². The van der Waals surface area contributed by atoms with Gasteiger partial charge >= 0.3 is 0 Å². The van der Waals surface area contributed by atoms with E-state index in [-0.39, 0.29) is 15.8 Å². The van der Waals surface area contributed by atoms with Crippen molar-refractivity contribution in [1.82, 2.24) is 19.9 Å². The van der Waals surface area contributed by atoms with E-state index in [4.69, 9.17) is 0 Å². The smallest absolute Gasteiger partial charge is 0.254 e. The molecule has 0 spiro atoms. The lowest BCUT2D eigenvalue weighted by molar-refractivity contribution is 0.00590. The minimum absolute atomic E-state index is 0.132. The third-order valence-corrected chi connectivity index (χ3v) is 8.22. The number of H-pyrrole nitrogens is 1. The fourth-order valence-corrected chi connectivity index (χ4v) is 5.93. The second-order valence-corrected chi connectivity index (χ2v) is 10.7. The van der Waals surface area contributed by atoms with Crippen LogP contribution in [0.1, 0.15) is 15.9 Å². The van der Waals surface area contributed by atoms with Crippen molar-refractivity contribution in [3.05, 3.63) is 70.5 Å². The van der Waals surface area contributed by atoms with Crippen LogP contribution in [0.2, 0.25) is 0 Å². The number of sulfone groups is 1. The molecule has 4 aromatic rings. The number of nitrogens with one attached hydrogen (secondary N) is 1. The zero-order valence-corrected chi connectivity index (χ0v) is 19.9. The van der Waals surface area contributed by atoms with Crippen LogP contribution in [0.15, 0.2) is 69.3 Å². The fraction of sp³-hybridized carbons (Fsp3) is 0.174. The van der Waals surface area contributed by atoms with Crippen LogP contribution < -0.4 is 0 Å². The number of halogens is 1. The number of aliphatic hydroxyl groups excluding tert-OH is 1. The molecule has 1 fully saturated rings. The van der Waals surface area contributed by atoms with Crippen LogP contribution in [0.4, 0.5) is 0 Å². The zero-order chi connectivity index (χ0) is 23.3. The monoisotopic (exact) mass is 526 g/mol. The molecular formula is C23H19BrN4O4S. The van der Waals surface area contributed by atoms with E-state index in [1.165, 1.54) is 6.20 Å². The van der Waals surface area contributed by atoms with Gasteiger partial charge in [0.15, 0.2) is 10.7 Å². The van der Waals surface area contributed by atoms with Gasteiger partial charge in [0.05, 0.1) is 17.2 Å². The van der Waals surface area contributed by atoms with Crippen molar-refractivity contribution in [2.24, 2.45) is 0 Å². The molecule has 0 radical (unpaired) electrons. The first-order valence-corrected chi connectivity index (χ1v) is 12.4. The molecule has 1 aliphatic rings. The van der Waals surface area contributed by atoms with Crippen LogP contribution in [0, 0.1) is 6.92 Å². The molecule has 1 saturated heterocycles. The van der Waals surface area contributed by atoms with E-state index in [0.717, 1.165) is 11.1 Å². The highest BCUT2D eigenvalue weighted by Gasteiger charge is 2.29. The van der Waals surface area contributed by atoms with Crippen LogP contribution in [-0.4, -0.2) is 58.5 Å². The Hall–Kier alpha value is -3.08. The lowest BCUT2D eigenvalue weighted by atomic mass is 10.0. The number of carbonyl (C=O) groups excluding carboxylic acids is 1. The lowest BCUT2D eigenvalue weighted by Crippen LogP contribution is -2.53. The Kier molecular flexibility index (Phi) is 5.31. The number of aromatic amines is 1.